The van der Waals surface area contributed by atoms with Gasteiger partial charge in [0.2, 0.25) is 0 Å². The van der Waals surface area contributed by atoms with Crippen molar-refractivity contribution in [1.82, 2.24) is 10.2 Å². The van der Waals surface area contributed by atoms with Crippen molar-refractivity contribution < 1.29 is 14.3 Å². The zero-order valence-corrected chi connectivity index (χ0v) is 18.0. The van der Waals surface area contributed by atoms with Gasteiger partial charge in [-0.1, -0.05) is 13.0 Å². The summed E-state index contributed by atoms with van der Waals surface area (Å²) in [5.74, 6) is 0.443. The first-order valence-electron chi connectivity index (χ1n) is 10.3. The van der Waals surface area contributed by atoms with Crippen LogP contribution in [0.3, 0.4) is 0 Å². The molecule has 3 rings (SSSR count). The lowest BCUT2D eigenvalue weighted by Gasteiger charge is -2.26. The number of hydrogen-bond donors (Lipinski definition) is 2. The highest BCUT2D eigenvalue weighted by atomic mass is 32.1. The predicted molar refractivity (Wildman–Crippen MR) is 122 cm³/mol. The third-order valence-corrected chi connectivity index (χ3v) is 5.03. The van der Waals surface area contributed by atoms with Crippen LogP contribution >= 0.6 is 12.2 Å². The molecule has 2 aromatic rings. The number of ether oxygens (including phenoxy) is 1. The van der Waals surface area contributed by atoms with Gasteiger partial charge in [0.15, 0.2) is 5.11 Å². The average molecular weight is 426 g/mol. The normalized spacial score (nSPS) is 13.4. The summed E-state index contributed by atoms with van der Waals surface area (Å²) < 4.78 is 5.52. The van der Waals surface area contributed by atoms with Crippen LogP contribution in [0.5, 0.6) is 5.75 Å². The smallest absolute Gasteiger partial charge is 0.257 e. The van der Waals surface area contributed by atoms with Crippen molar-refractivity contribution in [2.45, 2.75) is 32.6 Å². The molecule has 1 aliphatic rings. The van der Waals surface area contributed by atoms with E-state index in [1.165, 1.54) is 6.42 Å². The van der Waals surface area contributed by atoms with E-state index in [0.29, 0.717) is 23.4 Å². The Morgan fingerprint density at radius 2 is 1.77 bits per heavy atom. The Bertz CT molecular complexity index is 893. The van der Waals surface area contributed by atoms with E-state index in [2.05, 4.69) is 10.6 Å². The summed E-state index contributed by atoms with van der Waals surface area (Å²) in [7, 11) is 0. The number of benzene rings is 2. The van der Waals surface area contributed by atoms with Crippen molar-refractivity contribution >= 4 is 34.8 Å². The number of rotatable bonds is 6. The van der Waals surface area contributed by atoms with Gasteiger partial charge in [-0.2, -0.15) is 0 Å². The zero-order chi connectivity index (χ0) is 21.3. The molecule has 6 nitrogen and oxygen atoms in total. The van der Waals surface area contributed by atoms with Crippen LogP contribution in [0.15, 0.2) is 48.5 Å². The van der Waals surface area contributed by atoms with Crippen molar-refractivity contribution in [3.8, 4) is 5.75 Å². The summed E-state index contributed by atoms with van der Waals surface area (Å²) in [6.45, 7) is 4.27. The van der Waals surface area contributed by atoms with Crippen LogP contribution in [0.1, 0.15) is 53.3 Å². The maximum Gasteiger partial charge on any atom is 0.257 e. The van der Waals surface area contributed by atoms with Crippen molar-refractivity contribution in [3.05, 3.63) is 59.7 Å². The van der Waals surface area contributed by atoms with Crippen molar-refractivity contribution in [3.63, 3.8) is 0 Å². The van der Waals surface area contributed by atoms with Crippen LogP contribution in [-0.4, -0.2) is 41.5 Å². The summed E-state index contributed by atoms with van der Waals surface area (Å²) in [5, 5.41) is 5.82. The molecule has 0 spiro atoms. The standard InChI is InChI=1S/C23H27N3O3S/c1-2-15-29-20-11-9-17(10-12-20)21(27)25-23(30)24-19-8-6-7-18(16-19)22(28)26-13-4-3-5-14-26/h6-12,16H,2-5,13-15H2,1H3,(H2,24,25,27,30). The van der Waals surface area contributed by atoms with Gasteiger partial charge in [0.25, 0.3) is 11.8 Å². The van der Waals surface area contributed by atoms with E-state index in [0.717, 1.165) is 38.1 Å². The first-order valence-corrected chi connectivity index (χ1v) is 10.7. The second-order valence-corrected chi connectivity index (χ2v) is 7.62. The molecule has 0 saturated carbocycles. The minimum absolute atomic E-state index is 0.0266. The molecule has 2 N–H and O–H groups in total. The molecule has 0 atom stereocenters. The summed E-state index contributed by atoms with van der Waals surface area (Å²) in [5.41, 5.74) is 1.75. The maximum absolute atomic E-state index is 12.7. The van der Waals surface area contributed by atoms with Crippen molar-refractivity contribution in [2.24, 2.45) is 0 Å². The van der Waals surface area contributed by atoms with Gasteiger partial charge in [-0.15, -0.1) is 0 Å². The lowest BCUT2D eigenvalue weighted by atomic mass is 10.1. The lowest BCUT2D eigenvalue weighted by molar-refractivity contribution is 0.0724. The largest absolute Gasteiger partial charge is 0.494 e. The molecule has 30 heavy (non-hydrogen) atoms. The highest BCUT2D eigenvalue weighted by Gasteiger charge is 2.18. The molecule has 0 aliphatic carbocycles. The fourth-order valence-electron chi connectivity index (χ4n) is 3.27. The molecule has 1 fully saturated rings. The number of hydrogen-bond acceptors (Lipinski definition) is 4. The summed E-state index contributed by atoms with van der Waals surface area (Å²) in [4.78, 5) is 27.0. The molecule has 7 heteroatoms. The number of nitrogens with one attached hydrogen (secondary N) is 2. The number of likely N-dealkylation sites (tertiary alicyclic amines) is 1. The van der Waals surface area contributed by atoms with Gasteiger partial charge in [0.1, 0.15) is 5.75 Å². The fourth-order valence-corrected chi connectivity index (χ4v) is 3.48. The Balaban J connectivity index is 1.56. The van der Waals surface area contributed by atoms with Gasteiger partial charge in [-0.25, -0.2) is 0 Å². The van der Waals surface area contributed by atoms with Crippen LogP contribution < -0.4 is 15.4 Å². The number of carbonyl (C=O) groups excluding carboxylic acids is 2. The molecule has 1 heterocycles. The molecule has 158 valence electrons. The van der Waals surface area contributed by atoms with Gasteiger partial charge < -0.3 is 15.0 Å². The van der Waals surface area contributed by atoms with E-state index in [4.69, 9.17) is 17.0 Å². The molecule has 2 aromatic carbocycles. The van der Waals surface area contributed by atoms with E-state index in [1.54, 1.807) is 42.5 Å². The lowest BCUT2D eigenvalue weighted by Crippen LogP contribution is -2.36. The monoisotopic (exact) mass is 425 g/mol. The first kappa shape index (κ1) is 21.8. The Morgan fingerprint density at radius 3 is 2.47 bits per heavy atom. The molecule has 2 amide bonds. The number of thiocarbonyl (C=S) groups is 1. The van der Waals surface area contributed by atoms with Crippen LogP contribution in [0, 0.1) is 0 Å². The molecule has 0 unspecified atom stereocenters. The quantitative estimate of drug-likeness (QED) is 0.678. The maximum atomic E-state index is 12.7. The Hall–Kier alpha value is -2.93. The topological polar surface area (TPSA) is 70.7 Å². The van der Waals surface area contributed by atoms with Gasteiger partial charge in [0, 0.05) is 29.9 Å². The summed E-state index contributed by atoms with van der Waals surface area (Å²) in [6, 6.07) is 14.1. The number of piperidine rings is 1. The minimum atomic E-state index is -0.310. The van der Waals surface area contributed by atoms with Crippen LogP contribution in [0.25, 0.3) is 0 Å². The molecule has 1 saturated heterocycles. The third-order valence-electron chi connectivity index (χ3n) is 4.83. The molecular formula is C23H27N3O3S. The fraction of sp³-hybridized carbons (Fsp3) is 0.348. The van der Waals surface area contributed by atoms with E-state index < -0.39 is 0 Å². The SMILES string of the molecule is CCCOc1ccc(C(=O)NC(=S)Nc2cccc(C(=O)N3CCCCC3)c2)cc1. The number of amides is 2. The highest BCUT2D eigenvalue weighted by molar-refractivity contribution is 7.80. The molecule has 1 aliphatic heterocycles. The van der Waals surface area contributed by atoms with Gasteiger partial charge in [0.05, 0.1) is 6.61 Å². The second-order valence-electron chi connectivity index (χ2n) is 7.21. The van der Waals surface area contributed by atoms with Gasteiger partial charge >= 0.3 is 0 Å². The number of carbonyl (C=O) groups is 2. The van der Waals surface area contributed by atoms with Crippen LogP contribution in [-0.2, 0) is 0 Å². The highest BCUT2D eigenvalue weighted by Crippen LogP contribution is 2.17. The predicted octanol–water partition coefficient (Wildman–Crippen LogP) is 4.23. The van der Waals surface area contributed by atoms with E-state index in [-0.39, 0.29) is 16.9 Å². The number of anilines is 1. The van der Waals surface area contributed by atoms with Gasteiger partial charge in [-0.05, 0) is 80.4 Å². The zero-order valence-electron chi connectivity index (χ0n) is 17.1. The van der Waals surface area contributed by atoms with Crippen molar-refractivity contribution in [2.75, 3.05) is 25.0 Å². The van der Waals surface area contributed by atoms with E-state index >= 15 is 0 Å². The summed E-state index contributed by atoms with van der Waals surface area (Å²) in [6.07, 6.45) is 4.19. The Kier molecular flexibility index (Phi) is 7.79. The van der Waals surface area contributed by atoms with Crippen LogP contribution in [0.4, 0.5) is 5.69 Å². The number of nitrogens with zero attached hydrogens (tertiary/aromatic N) is 1. The Morgan fingerprint density at radius 1 is 1.03 bits per heavy atom. The minimum Gasteiger partial charge on any atom is -0.494 e. The molecule has 0 bridgehead atoms. The first-order chi connectivity index (χ1) is 14.6. The molecular weight excluding hydrogens is 398 g/mol. The van der Waals surface area contributed by atoms with E-state index in [1.807, 2.05) is 17.9 Å². The summed E-state index contributed by atoms with van der Waals surface area (Å²) >= 11 is 5.27. The Labute approximate surface area is 182 Å². The van der Waals surface area contributed by atoms with Crippen LogP contribution in [0.2, 0.25) is 0 Å². The third kappa shape index (κ3) is 6.03. The van der Waals surface area contributed by atoms with Gasteiger partial charge in [-0.3, -0.25) is 14.9 Å². The second kappa shape index (κ2) is 10.7. The average Bonchev–Trinajstić information content (AvgIpc) is 2.78. The van der Waals surface area contributed by atoms with E-state index in [9.17, 15) is 9.59 Å². The molecule has 0 aromatic heterocycles. The molecule has 0 radical (unpaired) electrons. The van der Waals surface area contributed by atoms with Crippen molar-refractivity contribution in [1.29, 1.82) is 0 Å².